The van der Waals surface area contributed by atoms with Crippen molar-refractivity contribution in [2.45, 2.75) is 283 Å². The molecular weight excluding hydrogens is 717 g/mol. The van der Waals surface area contributed by atoms with Gasteiger partial charge in [0.2, 0.25) is 0 Å². The van der Waals surface area contributed by atoms with Gasteiger partial charge in [0.05, 0.1) is 0 Å². The molecule has 0 aliphatic carbocycles. The van der Waals surface area contributed by atoms with E-state index in [2.05, 4.69) is 27.7 Å². The fourth-order valence-corrected chi connectivity index (χ4v) is 10.2. The molecule has 0 saturated heterocycles. The van der Waals surface area contributed by atoms with Crippen molar-refractivity contribution in [1.82, 2.24) is 0 Å². The summed E-state index contributed by atoms with van der Waals surface area (Å²) in [5, 5.41) is 1.98. The van der Waals surface area contributed by atoms with Crippen LogP contribution in [0.1, 0.15) is 272 Å². The summed E-state index contributed by atoms with van der Waals surface area (Å²) in [6, 6.07) is 0. The Bertz CT molecular complexity index is 746. The molecule has 5 heteroatoms. The van der Waals surface area contributed by atoms with E-state index in [-0.39, 0.29) is 5.12 Å². The molecule has 2 atom stereocenters. The Labute approximate surface area is 354 Å². The van der Waals surface area contributed by atoms with E-state index in [4.69, 9.17) is 17.0 Å². The van der Waals surface area contributed by atoms with Crippen LogP contribution < -0.4 is 0 Å². The number of rotatable bonds is 44. The second-order valence-electron chi connectivity index (χ2n) is 17.0. The maximum atomic E-state index is 11.9. The van der Waals surface area contributed by atoms with Crippen LogP contribution in [0.4, 0.5) is 0 Å². The van der Waals surface area contributed by atoms with E-state index < -0.39 is 0 Å². The molecule has 0 bridgehead atoms. The highest BCUT2D eigenvalue weighted by Gasteiger charge is 2.20. The fourth-order valence-electron chi connectivity index (χ4n) is 7.79. The molecule has 2 unspecified atom stereocenters. The summed E-state index contributed by atoms with van der Waals surface area (Å²) in [5.74, 6) is 1.23. The summed E-state index contributed by atoms with van der Waals surface area (Å²) >= 11 is 9.56. The number of unbranched alkanes of at least 4 members (excludes halogenated alkanes) is 31. The van der Waals surface area contributed by atoms with E-state index in [0.29, 0.717) is 23.0 Å². The van der Waals surface area contributed by atoms with Crippen LogP contribution in [0.3, 0.4) is 0 Å². The highest BCUT2D eigenvalue weighted by atomic mass is 32.2. The average molecular weight is 814 g/mol. The number of carbonyl (C=O) groups excluding carboxylic acids is 1. The molecule has 0 saturated carbocycles. The lowest BCUT2D eigenvalue weighted by Gasteiger charge is -2.24. The second kappa shape index (κ2) is 44.4. The first-order valence-corrected chi connectivity index (χ1v) is 26.7. The van der Waals surface area contributed by atoms with E-state index in [1.54, 1.807) is 6.92 Å². The van der Waals surface area contributed by atoms with Crippen LogP contribution in [0.5, 0.6) is 0 Å². The van der Waals surface area contributed by atoms with E-state index >= 15 is 0 Å². The highest BCUT2D eigenvalue weighted by molar-refractivity contribution is 8.14. The van der Waals surface area contributed by atoms with E-state index in [0.717, 1.165) is 10.8 Å². The van der Waals surface area contributed by atoms with Gasteiger partial charge in [-0.2, -0.15) is 11.8 Å². The van der Waals surface area contributed by atoms with Gasteiger partial charge in [0.25, 0.3) is 0 Å². The number of thiocarbonyl (C=S) groups is 1. The van der Waals surface area contributed by atoms with Crippen molar-refractivity contribution in [1.29, 1.82) is 0 Å². The molecule has 2 nitrogen and oxygen atoms in total. The molecule has 0 fully saturated rings. The minimum Gasteiger partial charge on any atom is -0.486 e. The third-order valence-corrected chi connectivity index (χ3v) is 14.4. The monoisotopic (exact) mass is 813 g/mol. The quantitative estimate of drug-likeness (QED) is 0.0451. The minimum atomic E-state index is 0.211. The first kappa shape index (κ1) is 54.3. The third-order valence-electron chi connectivity index (χ3n) is 11.4. The first-order chi connectivity index (χ1) is 26.4. The summed E-state index contributed by atoms with van der Waals surface area (Å²) in [6.07, 6.45) is 50.8. The van der Waals surface area contributed by atoms with Gasteiger partial charge < -0.3 is 4.74 Å². The molecule has 0 spiro atoms. The zero-order chi connectivity index (χ0) is 39.6. The van der Waals surface area contributed by atoms with Gasteiger partial charge in [-0.05, 0) is 31.5 Å². The Kier molecular flexibility index (Phi) is 44.6. The summed E-state index contributed by atoms with van der Waals surface area (Å²) in [7, 11) is 0. The SMILES string of the molecule is CCCCCCCCCCCCCCC(CCCCCCCCCCCCCC)C(=S)OCC(CSC(C)=O)SC(C)CCCCCCCCCCCC. The van der Waals surface area contributed by atoms with E-state index in [1.165, 1.54) is 249 Å². The van der Waals surface area contributed by atoms with Crippen LogP contribution in [0.25, 0.3) is 0 Å². The lowest BCUT2D eigenvalue weighted by atomic mass is 9.94. The fraction of sp³-hybridized carbons (Fsp3) is 0.959. The van der Waals surface area contributed by atoms with Crippen LogP contribution in [0, 0.1) is 5.92 Å². The Morgan fingerprint density at radius 2 is 0.778 bits per heavy atom. The highest BCUT2D eigenvalue weighted by Crippen LogP contribution is 2.28. The molecular formula is C49H96O2S3. The predicted molar refractivity (Wildman–Crippen MR) is 254 cm³/mol. The number of carbonyl (C=O) groups is 1. The molecule has 0 rings (SSSR count). The normalized spacial score (nSPS) is 12.8. The molecule has 0 N–H and O–H groups in total. The summed E-state index contributed by atoms with van der Waals surface area (Å²) in [6.45, 7) is 11.6. The van der Waals surface area contributed by atoms with Crippen LogP contribution in [-0.2, 0) is 9.53 Å². The van der Waals surface area contributed by atoms with Gasteiger partial charge in [-0.15, -0.1) is 0 Å². The maximum Gasteiger partial charge on any atom is 0.185 e. The van der Waals surface area contributed by atoms with Crippen molar-refractivity contribution < 1.29 is 9.53 Å². The zero-order valence-corrected chi connectivity index (χ0v) is 39.8. The molecule has 54 heavy (non-hydrogen) atoms. The Morgan fingerprint density at radius 3 is 1.09 bits per heavy atom. The molecule has 0 aromatic heterocycles. The third kappa shape index (κ3) is 40.5. The molecule has 0 amide bonds. The van der Waals surface area contributed by atoms with Gasteiger partial charge in [-0.3, -0.25) is 4.79 Å². The lowest BCUT2D eigenvalue weighted by molar-refractivity contribution is -0.109. The van der Waals surface area contributed by atoms with Crippen molar-refractivity contribution in [2.24, 2.45) is 5.92 Å². The number of thioether (sulfide) groups is 2. The van der Waals surface area contributed by atoms with Crippen molar-refractivity contribution in [3.63, 3.8) is 0 Å². The Hall–Kier alpha value is 0.260. The van der Waals surface area contributed by atoms with Gasteiger partial charge in [-0.25, -0.2) is 0 Å². The average Bonchev–Trinajstić information content (AvgIpc) is 3.16. The molecule has 0 radical (unpaired) electrons. The van der Waals surface area contributed by atoms with Gasteiger partial charge >= 0.3 is 0 Å². The standard InChI is InChI=1S/C49H96O2S3/c1-6-9-12-15-18-21-24-26-29-32-35-38-41-47(42-39-36-33-30-27-25-22-19-16-13-10-7-2)49(52)51-43-48(44-53-46(5)50)54-45(4)40-37-34-31-28-23-20-17-14-11-8-3/h45,47-48H,6-44H2,1-5H3. The summed E-state index contributed by atoms with van der Waals surface area (Å²) < 4.78 is 6.51. The summed E-state index contributed by atoms with van der Waals surface area (Å²) in [4.78, 5) is 11.9. The van der Waals surface area contributed by atoms with Gasteiger partial charge in [0, 0.05) is 29.1 Å². The molecule has 0 aliphatic heterocycles. The number of ether oxygens (including phenoxy) is 1. The van der Waals surface area contributed by atoms with Gasteiger partial charge in [0.1, 0.15) is 6.61 Å². The van der Waals surface area contributed by atoms with E-state index in [1.807, 2.05) is 11.8 Å². The van der Waals surface area contributed by atoms with Crippen molar-refractivity contribution in [3.05, 3.63) is 0 Å². The Balaban J connectivity index is 4.68. The van der Waals surface area contributed by atoms with E-state index in [9.17, 15) is 4.79 Å². The van der Waals surface area contributed by atoms with Gasteiger partial charge in [-0.1, -0.05) is 258 Å². The summed E-state index contributed by atoms with van der Waals surface area (Å²) in [5.41, 5.74) is 0. The van der Waals surface area contributed by atoms with Crippen molar-refractivity contribution in [3.8, 4) is 0 Å². The van der Waals surface area contributed by atoms with Crippen LogP contribution >= 0.6 is 35.7 Å². The van der Waals surface area contributed by atoms with Crippen molar-refractivity contribution in [2.75, 3.05) is 12.4 Å². The second-order valence-corrected chi connectivity index (χ2v) is 20.4. The number of hydrogen-bond acceptors (Lipinski definition) is 5. The van der Waals surface area contributed by atoms with Crippen molar-refractivity contribution >= 4 is 45.9 Å². The number of hydrogen-bond donors (Lipinski definition) is 0. The molecule has 0 aliphatic rings. The topological polar surface area (TPSA) is 26.3 Å². The van der Waals surface area contributed by atoms with Crippen LogP contribution in [0.15, 0.2) is 0 Å². The lowest BCUT2D eigenvalue weighted by Crippen LogP contribution is -2.24. The smallest absolute Gasteiger partial charge is 0.185 e. The molecule has 0 aromatic rings. The largest absolute Gasteiger partial charge is 0.486 e. The molecule has 322 valence electrons. The minimum absolute atomic E-state index is 0.211. The Morgan fingerprint density at radius 1 is 0.481 bits per heavy atom. The van der Waals surface area contributed by atoms with Gasteiger partial charge in [0.15, 0.2) is 10.2 Å². The predicted octanol–water partition coefficient (Wildman–Crippen LogP) is 18.2. The first-order valence-electron chi connectivity index (χ1n) is 24.4. The maximum absolute atomic E-state index is 11.9. The molecule has 0 heterocycles. The van der Waals surface area contributed by atoms with Crippen LogP contribution in [0.2, 0.25) is 0 Å². The van der Waals surface area contributed by atoms with Crippen LogP contribution in [-0.4, -0.2) is 33.0 Å². The zero-order valence-electron chi connectivity index (χ0n) is 37.4. The molecule has 0 aromatic carbocycles.